The molecule has 0 amide bonds. The highest BCUT2D eigenvalue weighted by Gasteiger charge is 2.16. The topological polar surface area (TPSA) is 0 Å². The van der Waals surface area contributed by atoms with Gasteiger partial charge in [-0.25, -0.2) is 0 Å². The Morgan fingerprint density at radius 3 is 1.12 bits per heavy atom. The van der Waals surface area contributed by atoms with E-state index >= 15 is 0 Å². The molecule has 2 heteroatoms. The largest absolute Gasteiger partial charge is 0.152 e. The molecule has 0 atom stereocenters. The highest BCUT2D eigenvalue weighted by atomic mass is 32.1. The van der Waals surface area contributed by atoms with E-state index in [1.165, 1.54) is 43.8 Å². The maximum atomic E-state index is 2.25. The monoisotopic (exact) mass is 342 g/mol. The molecular formula is C22H14S2. The Morgan fingerprint density at radius 2 is 0.833 bits per heavy atom. The third-order valence-electron chi connectivity index (χ3n) is 4.55. The number of fused-ring (bicyclic) bond motifs is 2. The van der Waals surface area contributed by atoms with Crippen molar-refractivity contribution in [2.24, 2.45) is 0 Å². The fourth-order valence-electron chi connectivity index (χ4n) is 3.56. The lowest BCUT2D eigenvalue weighted by molar-refractivity contribution is 1.72. The van der Waals surface area contributed by atoms with Gasteiger partial charge in [-0.1, -0.05) is 48.5 Å². The van der Waals surface area contributed by atoms with E-state index in [0.29, 0.717) is 0 Å². The highest BCUT2D eigenvalue weighted by molar-refractivity contribution is 7.08. The summed E-state index contributed by atoms with van der Waals surface area (Å²) in [6.45, 7) is 0. The first-order valence-corrected chi connectivity index (χ1v) is 9.80. The van der Waals surface area contributed by atoms with Gasteiger partial charge >= 0.3 is 0 Å². The van der Waals surface area contributed by atoms with Crippen LogP contribution >= 0.6 is 22.7 Å². The summed E-state index contributed by atoms with van der Waals surface area (Å²) in [4.78, 5) is 0. The van der Waals surface area contributed by atoms with E-state index in [0.717, 1.165) is 0 Å². The molecule has 0 saturated carbocycles. The summed E-state index contributed by atoms with van der Waals surface area (Å²) in [7, 11) is 0. The van der Waals surface area contributed by atoms with E-state index in [9.17, 15) is 0 Å². The quantitative estimate of drug-likeness (QED) is 0.292. The minimum atomic E-state index is 1.31. The van der Waals surface area contributed by atoms with E-state index in [1.54, 1.807) is 22.7 Å². The van der Waals surface area contributed by atoms with Crippen LogP contribution in [0.25, 0.3) is 43.8 Å². The number of benzene rings is 3. The maximum Gasteiger partial charge on any atom is -0.00143 e. The van der Waals surface area contributed by atoms with Crippen LogP contribution in [0.2, 0.25) is 0 Å². The zero-order valence-electron chi connectivity index (χ0n) is 12.9. The van der Waals surface area contributed by atoms with Crippen molar-refractivity contribution >= 4 is 44.2 Å². The second kappa shape index (κ2) is 5.59. The van der Waals surface area contributed by atoms with Crippen LogP contribution in [0.15, 0.2) is 82.2 Å². The lowest BCUT2D eigenvalue weighted by atomic mass is 9.87. The van der Waals surface area contributed by atoms with E-state index < -0.39 is 0 Å². The fourth-order valence-corrected chi connectivity index (χ4v) is 4.86. The van der Waals surface area contributed by atoms with Gasteiger partial charge in [0.1, 0.15) is 0 Å². The molecule has 24 heavy (non-hydrogen) atoms. The molecule has 2 heterocycles. The number of rotatable bonds is 2. The summed E-state index contributed by atoms with van der Waals surface area (Å²) in [6.07, 6.45) is 0. The van der Waals surface area contributed by atoms with Gasteiger partial charge in [0.05, 0.1) is 0 Å². The third-order valence-corrected chi connectivity index (χ3v) is 5.92. The molecule has 0 nitrogen and oxygen atoms in total. The van der Waals surface area contributed by atoms with Crippen LogP contribution in [-0.4, -0.2) is 0 Å². The Kier molecular flexibility index (Phi) is 3.25. The minimum absolute atomic E-state index is 1.31. The van der Waals surface area contributed by atoms with Crippen LogP contribution in [0.4, 0.5) is 0 Å². The van der Waals surface area contributed by atoms with Gasteiger partial charge in [0.25, 0.3) is 0 Å². The first kappa shape index (κ1) is 14.0. The molecule has 0 radical (unpaired) electrons. The van der Waals surface area contributed by atoms with Gasteiger partial charge < -0.3 is 0 Å². The molecule has 0 aliphatic rings. The highest BCUT2D eigenvalue weighted by Crippen LogP contribution is 2.44. The summed E-state index contributed by atoms with van der Waals surface area (Å²) in [5, 5.41) is 14.1. The molecule has 0 N–H and O–H groups in total. The van der Waals surface area contributed by atoms with Crippen molar-refractivity contribution in [3.63, 3.8) is 0 Å². The predicted octanol–water partition coefficient (Wildman–Crippen LogP) is 7.45. The van der Waals surface area contributed by atoms with Crippen molar-refractivity contribution in [3.05, 3.63) is 82.2 Å². The summed E-state index contributed by atoms with van der Waals surface area (Å²) in [6, 6.07) is 22.0. The summed E-state index contributed by atoms with van der Waals surface area (Å²) in [5.74, 6) is 0. The van der Waals surface area contributed by atoms with Crippen molar-refractivity contribution in [1.29, 1.82) is 0 Å². The van der Waals surface area contributed by atoms with Gasteiger partial charge in [-0.3, -0.25) is 0 Å². The second-order valence-corrected chi connectivity index (χ2v) is 7.43. The standard InChI is InChI=1S/C22H14S2/c1-2-6-18-17(5-1)21(15-9-11-23-13-15)19-7-3-4-8-20(19)22(18)16-10-12-24-14-16/h1-14H. The molecule has 2 aromatic heterocycles. The van der Waals surface area contributed by atoms with Gasteiger partial charge in [0.2, 0.25) is 0 Å². The smallest absolute Gasteiger partial charge is 0.00143 e. The Hall–Kier alpha value is -2.42. The second-order valence-electron chi connectivity index (χ2n) is 5.87. The van der Waals surface area contributed by atoms with Gasteiger partial charge in [-0.15, -0.1) is 0 Å². The predicted molar refractivity (Wildman–Crippen MR) is 108 cm³/mol. The average molecular weight is 342 g/mol. The molecule has 0 saturated heterocycles. The summed E-state index contributed by atoms with van der Waals surface area (Å²) >= 11 is 3.51. The minimum Gasteiger partial charge on any atom is -0.152 e. The molecule has 0 unspecified atom stereocenters. The van der Waals surface area contributed by atoms with Crippen LogP contribution < -0.4 is 0 Å². The molecule has 5 aromatic rings. The first-order valence-electron chi connectivity index (χ1n) is 7.92. The van der Waals surface area contributed by atoms with Crippen molar-refractivity contribution < 1.29 is 0 Å². The zero-order chi connectivity index (χ0) is 15.9. The molecule has 3 aromatic carbocycles. The van der Waals surface area contributed by atoms with E-state index in [-0.39, 0.29) is 0 Å². The van der Waals surface area contributed by atoms with Gasteiger partial charge in [0.15, 0.2) is 0 Å². The summed E-state index contributed by atoms with van der Waals surface area (Å²) < 4.78 is 0. The Bertz CT molecular complexity index is 984. The fraction of sp³-hybridized carbons (Fsp3) is 0. The van der Waals surface area contributed by atoms with Crippen LogP contribution in [0, 0.1) is 0 Å². The lowest BCUT2D eigenvalue weighted by Gasteiger charge is -2.16. The molecule has 0 bridgehead atoms. The zero-order valence-corrected chi connectivity index (χ0v) is 14.5. The van der Waals surface area contributed by atoms with E-state index in [2.05, 4.69) is 82.2 Å². The summed E-state index contributed by atoms with van der Waals surface area (Å²) in [5.41, 5.74) is 5.32. The average Bonchev–Trinajstić information content (AvgIpc) is 3.33. The SMILES string of the molecule is c1ccc2c(-c3ccsc3)c3ccccc3c(-c3ccsc3)c2c1. The Labute approximate surface area is 148 Å². The molecule has 114 valence electrons. The first-order chi connectivity index (χ1) is 11.9. The molecule has 0 spiro atoms. The van der Waals surface area contributed by atoms with E-state index in [4.69, 9.17) is 0 Å². The van der Waals surface area contributed by atoms with Crippen LogP contribution in [-0.2, 0) is 0 Å². The van der Waals surface area contributed by atoms with Crippen LogP contribution in [0.5, 0.6) is 0 Å². The number of hydrogen-bond acceptors (Lipinski definition) is 2. The molecule has 0 aliphatic carbocycles. The Balaban J connectivity index is 2.06. The van der Waals surface area contributed by atoms with Gasteiger partial charge in [-0.2, -0.15) is 22.7 Å². The number of thiophene rings is 2. The lowest BCUT2D eigenvalue weighted by Crippen LogP contribution is -1.88. The van der Waals surface area contributed by atoms with Crippen molar-refractivity contribution in [1.82, 2.24) is 0 Å². The van der Waals surface area contributed by atoms with Gasteiger partial charge in [0, 0.05) is 0 Å². The van der Waals surface area contributed by atoms with Crippen molar-refractivity contribution in [2.75, 3.05) is 0 Å². The van der Waals surface area contributed by atoms with Gasteiger partial charge in [-0.05, 0) is 77.5 Å². The normalized spacial score (nSPS) is 11.3. The maximum absolute atomic E-state index is 2.25. The number of hydrogen-bond donors (Lipinski definition) is 0. The molecule has 0 aliphatic heterocycles. The molecule has 0 fully saturated rings. The van der Waals surface area contributed by atoms with E-state index in [1.807, 2.05) is 0 Å². The van der Waals surface area contributed by atoms with Crippen molar-refractivity contribution in [2.45, 2.75) is 0 Å². The van der Waals surface area contributed by atoms with Crippen molar-refractivity contribution in [3.8, 4) is 22.3 Å². The van der Waals surface area contributed by atoms with Crippen LogP contribution in [0.3, 0.4) is 0 Å². The Morgan fingerprint density at radius 1 is 0.458 bits per heavy atom. The molecule has 5 rings (SSSR count). The third kappa shape index (κ3) is 2.04. The van der Waals surface area contributed by atoms with Crippen LogP contribution in [0.1, 0.15) is 0 Å². The molecular weight excluding hydrogens is 328 g/mol.